The van der Waals surface area contributed by atoms with E-state index < -0.39 is 0 Å². The van der Waals surface area contributed by atoms with Gasteiger partial charge in [0.15, 0.2) is 5.65 Å². The molecule has 1 fully saturated rings. The first-order valence-corrected chi connectivity index (χ1v) is 9.79. The molecule has 0 bridgehead atoms. The van der Waals surface area contributed by atoms with Gasteiger partial charge < -0.3 is 4.90 Å². The number of rotatable bonds is 3. The van der Waals surface area contributed by atoms with E-state index in [0.717, 1.165) is 55.0 Å². The summed E-state index contributed by atoms with van der Waals surface area (Å²) in [6.07, 6.45) is 7.07. The second-order valence-electron chi connectivity index (χ2n) is 8.52. The molecule has 7 nitrogen and oxygen atoms in total. The minimum absolute atomic E-state index is 0.0372. The second kappa shape index (κ2) is 7.30. The summed E-state index contributed by atoms with van der Waals surface area (Å²) >= 11 is 0. The molecule has 0 N–H and O–H groups in total. The molecule has 3 aromatic rings. The molecule has 0 spiro atoms. The Bertz CT molecular complexity index is 1030. The zero-order valence-electron chi connectivity index (χ0n) is 16.7. The van der Waals surface area contributed by atoms with Gasteiger partial charge in [-0.1, -0.05) is 20.8 Å². The van der Waals surface area contributed by atoms with E-state index >= 15 is 0 Å². The van der Waals surface area contributed by atoms with Crippen LogP contribution in [0, 0.1) is 5.92 Å². The molecule has 1 aliphatic heterocycles. The molecular formula is C21H26N6O. The van der Waals surface area contributed by atoms with E-state index in [2.05, 4.69) is 45.6 Å². The summed E-state index contributed by atoms with van der Waals surface area (Å²) in [6.45, 7) is 8.75. The molecule has 3 aromatic heterocycles. The number of fused-ring (bicyclic) bond motifs is 1. The largest absolute Gasteiger partial charge is 0.356 e. The van der Waals surface area contributed by atoms with Gasteiger partial charge in [0.2, 0.25) is 0 Å². The first-order valence-electron chi connectivity index (χ1n) is 9.79. The fraction of sp³-hybridized carbons (Fsp3) is 0.476. The lowest BCUT2D eigenvalue weighted by Crippen LogP contribution is -2.37. The minimum atomic E-state index is -0.112. The lowest BCUT2D eigenvalue weighted by atomic mass is 9.92. The summed E-state index contributed by atoms with van der Waals surface area (Å²) in [5.41, 5.74) is 1.49. The predicted molar refractivity (Wildman–Crippen MR) is 109 cm³/mol. The highest BCUT2D eigenvalue weighted by Gasteiger charge is 2.23. The van der Waals surface area contributed by atoms with Gasteiger partial charge in [0.1, 0.15) is 12.1 Å². The number of pyridine rings is 1. The molecule has 0 aliphatic carbocycles. The number of aromatic nitrogens is 5. The number of nitrogens with zero attached hydrogens (tertiary/aromatic N) is 6. The van der Waals surface area contributed by atoms with Crippen LogP contribution in [0.25, 0.3) is 11.0 Å². The molecular weight excluding hydrogens is 352 g/mol. The molecule has 28 heavy (non-hydrogen) atoms. The fourth-order valence-electron chi connectivity index (χ4n) is 3.71. The third-order valence-electron chi connectivity index (χ3n) is 5.40. The molecule has 0 unspecified atom stereocenters. The number of anilines is 1. The van der Waals surface area contributed by atoms with E-state index in [-0.39, 0.29) is 11.0 Å². The number of piperidine rings is 1. The zero-order chi connectivity index (χ0) is 19.7. The van der Waals surface area contributed by atoms with Gasteiger partial charge in [0.25, 0.3) is 5.56 Å². The van der Waals surface area contributed by atoms with Crippen molar-refractivity contribution in [1.82, 2.24) is 24.5 Å². The van der Waals surface area contributed by atoms with E-state index in [0.29, 0.717) is 5.92 Å². The van der Waals surface area contributed by atoms with Gasteiger partial charge in [0, 0.05) is 37.3 Å². The monoisotopic (exact) mass is 378 g/mol. The molecule has 4 heterocycles. The molecule has 146 valence electrons. The van der Waals surface area contributed by atoms with E-state index in [1.165, 1.54) is 0 Å². The predicted octanol–water partition coefficient (Wildman–Crippen LogP) is 2.80. The average molecular weight is 378 g/mol. The van der Waals surface area contributed by atoms with Crippen LogP contribution in [-0.4, -0.2) is 37.6 Å². The Balaban J connectivity index is 1.44. The fourth-order valence-corrected chi connectivity index (χ4v) is 3.71. The molecule has 1 saturated heterocycles. The summed E-state index contributed by atoms with van der Waals surface area (Å²) in [4.78, 5) is 32.3. The average Bonchev–Trinajstić information content (AvgIpc) is 2.69. The number of hydrogen-bond acceptors (Lipinski definition) is 6. The molecule has 0 atom stereocenters. The van der Waals surface area contributed by atoms with Crippen LogP contribution in [0.2, 0.25) is 0 Å². The quantitative estimate of drug-likeness (QED) is 0.697. The Kier molecular flexibility index (Phi) is 4.83. The number of hydrogen-bond donors (Lipinski definition) is 0. The highest BCUT2D eigenvalue weighted by Crippen LogP contribution is 2.27. The van der Waals surface area contributed by atoms with Crippen molar-refractivity contribution in [3.05, 3.63) is 53.1 Å². The van der Waals surface area contributed by atoms with E-state index in [1.807, 2.05) is 12.1 Å². The van der Waals surface area contributed by atoms with Gasteiger partial charge in [-0.25, -0.2) is 19.9 Å². The van der Waals surface area contributed by atoms with E-state index in [1.54, 1.807) is 29.5 Å². The maximum absolute atomic E-state index is 12.5. The summed E-state index contributed by atoms with van der Waals surface area (Å²) in [5.74, 6) is 1.41. The van der Waals surface area contributed by atoms with Crippen LogP contribution in [0.1, 0.15) is 39.3 Å². The SMILES string of the molecule is CC(C)(C)c1cc(=O)n(CC2CCN(c3ncnc4ncccc34)CC2)cn1. The van der Waals surface area contributed by atoms with E-state index in [4.69, 9.17) is 0 Å². The van der Waals surface area contributed by atoms with Gasteiger partial charge in [-0.15, -0.1) is 0 Å². The molecule has 0 radical (unpaired) electrons. The van der Waals surface area contributed by atoms with Crippen LogP contribution < -0.4 is 10.5 Å². The van der Waals surface area contributed by atoms with Gasteiger partial charge in [0.05, 0.1) is 17.4 Å². The molecule has 1 aliphatic rings. The van der Waals surface area contributed by atoms with E-state index in [9.17, 15) is 4.79 Å². The molecule has 0 saturated carbocycles. The topological polar surface area (TPSA) is 76.8 Å². The lowest BCUT2D eigenvalue weighted by molar-refractivity contribution is 0.349. The molecule has 7 heteroatoms. The van der Waals surface area contributed by atoms with Crippen LogP contribution in [0.5, 0.6) is 0 Å². The Labute approximate surface area is 164 Å². The maximum atomic E-state index is 12.5. The lowest BCUT2D eigenvalue weighted by Gasteiger charge is -2.33. The summed E-state index contributed by atoms with van der Waals surface area (Å²) in [5, 5.41) is 0.988. The molecule has 4 rings (SSSR count). The van der Waals surface area contributed by atoms with Gasteiger partial charge in [-0.05, 0) is 30.9 Å². The highest BCUT2D eigenvalue weighted by molar-refractivity contribution is 5.86. The summed E-state index contributed by atoms with van der Waals surface area (Å²) in [6, 6.07) is 5.61. The standard InChI is InChI=1S/C21H26N6O/c1-21(2,3)17-11-18(28)27(14-25-17)12-15-6-9-26(10-7-15)20-16-5-4-8-22-19(16)23-13-24-20/h4-5,8,11,13-15H,6-7,9-10,12H2,1-3H3. The van der Waals surface area contributed by atoms with Crippen LogP contribution in [0.3, 0.4) is 0 Å². The summed E-state index contributed by atoms with van der Waals surface area (Å²) in [7, 11) is 0. The van der Waals surface area contributed by atoms with Crippen LogP contribution >= 0.6 is 0 Å². The van der Waals surface area contributed by atoms with Crippen molar-refractivity contribution in [2.24, 2.45) is 5.92 Å². The van der Waals surface area contributed by atoms with Crippen LogP contribution in [0.15, 0.2) is 41.8 Å². The van der Waals surface area contributed by atoms with Crippen LogP contribution in [0.4, 0.5) is 5.82 Å². The highest BCUT2D eigenvalue weighted by atomic mass is 16.1. The molecule has 0 amide bonds. The van der Waals surface area contributed by atoms with Crippen molar-refractivity contribution < 1.29 is 0 Å². The third-order valence-corrected chi connectivity index (χ3v) is 5.40. The zero-order valence-corrected chi connectivity index (χ0v) is 16.7. The van der Waals surface area contributed by atoms with Crippen molar-refractivity contribution in [3.8, 4) is 0 Å². The van der Waals surface area contributed by atoms with Crippen molar-refractivity contribution in [3.63, 3.8) is 0 Å². The summed E-state index contributed by atoms with van der Waals surface area (Å²) < 4.78 is 1.75. The Morgan fingerprint density at radius 2 is 1.89 bits per heavy atom. The van der Waals surface area contributed by atoms with Gasteiger partial charge in [-0.2, -0.15) is 0 Å². The first kappa shape index (κ1) is 18.5. The minimum Gasteiger partial charge on any atom is -0.356 e. The third kappa shape index (κ3) is 3.74. The second-order valence-corrected chi connectivity index (χ2v) is 8.52. The van der Waals surface area contributed by atoms with Crippen molar-refractivity contribution in [2.75, 3.05) is 18.0 Å². The van der Waals surface area contributed by atoms with Gasteiger partial charge >= 0.3 is 0 Å². The van der Waals surface area contributed by atoms with Crippen molar-refractivity contribution in [2.45, 2.75) is 45.6 Å². The maximum Gasteiger partial charge on any atom is 0.253 e. The van der Waals surface area contributed by atoms with Gasteiger partial charge in [-0.3, -0.25) is 9.36 Å². The Morgan fingerprint density at radius 1 is 1.11 bits per heavy atom. The Hall–Kier alpha value is -2.83. The van der Waals surface area contributed by atoms with Crippen molar-refractivity contribution in [1.29, 1.82) is 0 Å². The first-order chi connectivity index (χ1) is 13.4. The van der Waals surface area contributed by atoms with Crippen LogP contribution in [-0.2, 0) is 12.0 Å². The normalized spacial score (nSPS) is 15.9. The van der Waals surface area contributed by atoms with Crippen molar-refractivity contribution >= 4 is 16.9 Å². The Morgan fingerprint density at radius 3 is 2.61 bits per heavy atom. The smallest absolute Gasteiger partial charge is 0.253 e. The molecule has 0 aromatic carbocycles.